The molecule has 0 saturated heterocycles. The topological polar surface area (TPSA) is 119 Å². The van der Waals surface area contributed by atoms with Gasteiger partial charge < -0.3 is 14.4 Å². The van der Waals surface area contributed by atoms with Gasteiger partial charge in [0.15, 0.2) is 12.3 Å². The van der Waals surface area contributed by atoms with Gasteiger partial charge in [-0.3, -0.25) is 14.9 Å². The number of azo groups is 1. The van der Waals surface area contributed by atoms with Gasteiger partial charge in [0.05, 0.1) is 10.4 Å². The van der Waals surface area contributed by atoms with Crippen LogP contribution in [-0.4, -0.2) is 27.1 Å². The quantitative estimate of drug-likeness (QED) is 0.417. The highest BCUT2D eigenvalue weighted by atomic mass is 16.6. The van der Waals surface area contributed by atoms with Gasteiger partial charge in [0.2, 0.25) is 5.88 Å². The van der Waals surface area contributed by atoms with Gasteiger partial charge in [-0.1, -0.05) is 18.2 Å². The van der Waals surface area contributed by atoms with E-state index in [0.29, 0.717) is 16.7 Å². The van der Waals surface area contributed by atoms with Crippen molar-refractivity contribution in [3.8, 4) is 11.6 Å². The number of fused-ring (bicyclic) bond motifs is 1. The Morgan fingerprint density at radius 1 is 1.30 bits per heavy atom. The smallest absolute Gasteiger partial charge is 0.302 e. The lowest BCUT2D eigenvalue weighted by Gasteiger charge is -2.05. The number of aryl methyl sites for hydroxylation is 2. The molecule has 9 nitrogen and oxygen atoms in total. The van der Waals surface area contributed by atoms with Crippen LogP contribution in [0.15, 0.2) is 52.7 Å². The maximum Gasteiger partial charge on any atom is 0.302 e. The predicted octanol–water partition coefficient (Wildman–Crippen LogP) is 3.79. The lowest BCUT2D eigenvalue weighted by Crippen LogP contribution is -2.08. The first kappa shape index (κ1) is 18.1. The van der Waals surface area contributed by atoms with E-state index in [0.717, 1.165) is 5.56 Å². The van der Waals surface area contributed by atoms with Crippen molar-refractivity contribution in [1.29, 1.82) is 0 Å². The predicted molar refractivity (Wildman–Crippen MR) is 97.4 cm³/mol. The largest absolute Gasteiger partial charge is 0.493 e. The number of para-hydroxylation sites is 1. The summed E-state index contributed by atoms with van der Waals surface area (Å²) >= 11 is 0. The van der Waals surface area contributed by atoms with Gasteiger partial charge in [-0.15, -0.1) is 10.2 Å². The average molecular weight is 368 g/mol. The van der Waals surface area contributed by atoms with Crippen molar-refractivity contribution in [1.82, 2.24) is 4.57 Å². The molecule has 0 aliphatic heterocycles. The van der Waals surface area contributed by atoms with E-state index in [4.69, 9.17) is 4.74 Å². The second-order valence-electron chi connectivity index (χ2n) is 5.84. The summed E-state index contributed by atoms with van der Waals surface area (Å²) in [5, 5.41) is 28.8. The second kappa shape index (κ2) is 7.24. The third-order valence-corrected chi connectivity index (χ3v) is 4.04. The van der Waals surface area contributed by atoms with Crippen LogP contribution in [0.2, 0.25) is 0 Å². The fourth-order valence-electron chi connectivity index (χ4n) is 2.60. The van der Waals surface area contributed by atoms with Gasteiger partial charge in [-0.2, -0.15) is 0 Å². The molecule has 0 bridgehead atoms. The number of rotatable bonds is 5. The number of nitro benzene ring substituents is 1. The summed E-state index contributed by atoms with van der Waals surface area (Å²) < 4.78 is 6.80. The molecule has 9 heteroatoms. The number of hydrogen-bond acceptors (Lipinski definition) is 6. The number of amides is 1. The molecule has 0 fully saturated rings. The standard InChI is InChI=1S/C18H16N4O5/c1-11-5-3-4-6-15(11)27-10-16(23)19-20-17-13-9-12(22(25)26)7-8-14(13)21(2)18(17)24/h3-9,24H,10H2,1-2H3. The molecule has 0 atom stereocenters. The fourth-order valence-corrected chi connectivity index (χ4v) is 2.60. The Morgan fingerprint density at radius 3 is 2.74 bits per heavy atom. The summed E-state index contributed by atoms with van der Waals surface area (Å²) in [4.78, 5) is 22.4. The first-order valence-corrected chi connectivity index (χ1v) is 7.97. The summed E-state index contributed by atoms with van der Waals surface area (Å²) in [5.74, 6) is -0.341. The molecule has 1 N–H and O–H groups in total. The van der Waals surface area contributed by atoms with Crippen LogP contribution in [0, 0.1) is 17.0 Å². The van der Waals surface area contributed by atoms with Crippen LogP contribution in [-0.2, 0) is 11.8 Å². The SMILES string of the molecule is Cc1ccccc1OCC(=O)N=Nc1c(O)n(C)c2ccc([N+](=O)[O-])cc12. The Balaban J connectivity index is 1.83. The minimum absolute atomic E-state index is 0.0135. The van der Waals surface area contributed by atoms with Crippen molar-refractivity contribution >= 4 is 28.2 Å². The lowest BCUT2D eigenvalue weighted by atomic mass is 10.2. The zero-order valence-electron chi connectivity index (χ0n) is 14.6. The summed E-state index contributed by atoms with van der Waals surface area (Å²) in [6.45, 7) is 1.53. The lowest BCUT2D eigenvalue weighted by molar-refractivity contribution is -0.384. The third kappa shape index (κ3) is 3.61. The molecule has 27 heavy (non-hydrogen) atoms. The Labute approximate surface area is 153 Å². The van der Waals surface area contributed by atoms with E-state index in [1.54, 1.807) is 19.2 Å². The summed E-state index contributed by atoms with van der Waals surface area (Å²) in [6, 6.07) is 11.3. The molecule has 0 unspecified atom stereocenters. The van der Waals surface area contributed by atoms with Gasteiger partial charge in [0.25, 0.3) is 5.69 Å². The molecule has 1 heterocycles. The number of aromatic hydroxyl groups is 1. The van der Waals surface area contributed by atoms with Gasteiger partial charge in [0, 0.05) is 24.6 Å². The summed E-state index contributed by atoms with van der Waals surface area (Å²) in [7, 11) is 1.58. The number of nitro groups is 1. The second-order valence-corrected chi connectivity index (χ2v) is 5.84. The van der Waals surface area contributed by atoms with Crippen LogP contribution in [0.25, 0.3) is 10.9 Å². The summed E-state index contributed by atoms with van der Waals surface area (Å²) in [6.07, 6.45) is 0. The van der Waals surface area contributed by atoms with Crippen molar-refractivity contribution in [2.45, 2.75) is 6.92 Å². The number of aromatic nitrogens is 1. The number of benzene rings is 2. The molecule has 138 valence electrons. The number of nitrogens with zero attached hydrogens (tertiary/aromatic N) is 4. The zero-order valence-corrected chi connectivity index (χ0v) is 14.6. The van der Waals surface area contributed by atoms with Crippen LogP contribution < -0.4 is 4.74 Å². The van der Waals surface area contributed by atoms with E-state index >= 15 is 0 Å². The minimum atomic E-state index is -0.653. The molecule has 1 aromatic heterocycles. The van der Waals surface area contributed by atoms with Gasteiger partial charge >= 0.3 is 5.91 Å². The molecule has 0 aliphatic rings. The van der Waals surface area contributed by atoms with E-state index in [2.05, 4.69) is 10.2 Å². The average Bonchev–Trinajstić information content (AvgIpc) is 2.89. The summed E-state index contributed by atoms with van der Waals surface area (Å²) in [5.41, 5.74) is 1.23. The van der Waals surface area contributed by atoms with Crippen LogP contribution in [0.3, 0.4) is 0 Å². The molecular formula is C18H16N4O5. The zero-order chi connectivity index (χ0) is 19.6. The molecule has 2 aromatic carbocycles. The number of non-ortho nitro benzene ring substituents is 1. The highest BCUT2D eigenvalue weighted by Gasteiger charge is 2.18. The van der Waals surface area contributed by atoms with Gasteiger partial charge in [-0.05, 0) is 24.6 Å². The number of hydrogen-bond donors (Lipinski definition) is 1. The van der Waals surface area contributed by atoms with Crippen LogP contribution in [0.1, 0.15) is 5.56 Å². The number of ether oxygens (including phenoxy) is 1. The maximum absolute atomic E-state index is 11.9. The van der Waals surface area contributed by atoms with E-state index in [1.807, 2.05) is 19.1 Å². The van der Waals surface area contributed by atoms with Crippen molar-refractivity contribution < 1.29 is 19.6 Å². The van der Waals surface area contributed by atoms with Crippen molar-refractivity contribution in [3.63, 3.8) is 0 Å². The van der Waals surface area contributed by atoms with E-state index < -0.39 is 10.8 Å². The molecule has 3 aromatic rings. The highest BCUT2D eigenvalue weighted by Crippen LogP contribution is 2.39. The molecule has 0 radical (unpaired) electrons. The normalized spacial score (nSPS) is 11.2. The Kier molecular flexibility index (Phi) is 4.84. The van der Waals surface area contributed by atoms with Gasteiger partial charge in [-0.25, -0.2) is 0 Å². The monoisotopic (exact) mass is 368 g/mol. The molecular weight excluding hydrogens is 352 g/mol. The van der Waals surface area contributed by atoms with E-state index in [-0.39, 0.29) is 23.9 Å². The first-order chi connectivity index (χ1) is 12.9. The highest BCUT2D eigenvalue weighted by molar-refractivity contribution is 5.96. The van der Waals surface area contributed by atoms with Crippen LogP contribution in [0.4, 0.5) is 11.4 Å². The Hall–Kier alpha value is -3.75. The van der Waals surface area contributed by atoms with Crippen molar-refractivity contribution in [2.24, 2.45) is 17.3 Å². The molecule has 1 amide bonds. The van der Waals surface area contributed by atoms with Crippen LogP contribution >= 0.6 is 0 Å². The molecule has 0 aliphatic carbocycles. The van der Waals surface area contributed by atoms with Gasteiger partial charge in [0.1, 0.15) is 5.75 Å². The Bertz CT molecular complexity index is 1070. The maximum atomic E-state index is 11.9. The number of carbonyl (C=O) groups is 1. The number of carbonyl (C=O) groups excluding carboxylic acids is 1. The van der Waals surface area contributed by atoms with Crippen LogP contribution in [0.5, 0.6) is 11.6 Å². The first-order valence-electron chi connectivity index (χ1n) is 7.97. The third-order valence-electron chi connectivity index (χ3n) is 4.04. The fraction of sp³-hybridized carbons (Fsp3) is 0.167. The van der Waals surface area contributed by atoms with E-state index in [9.17, 15) is 20.0 Å². The molecule has 3 rings (SSSR count). The van der Waals surface area contributed by atoms with Crippen molar-refractivity contribution in [3.05, 3.63) is 58.1 Å². The minimum Gasteiger partial charge on any atom is -0.493 e. The van der Waals surface area contributed by atoms with Crippen molar-refractivity contribution in [2.75, 3.05) is 6.61 Å². The molecule has 0 saturated carbocycles. The molecule has 0 spiro atoms. The Morgan fingerprint density at radius 2 is 2.04 bits per heavy atom. The van der Waals surface area contributed by atoms with E-state index in [1.165, 1.54) is 22.8 Å².